The molecule has 3 rings (SSSR count). The summed E-state index contributed by atoms with van der Waals surface area (Å²) in [6, 6.07) is 3.48. The Morgan fingerprint density at radius 3 is 2.70 bits per heavy atom. The number of carbonyl (C=O) groups excluding carboxylic acids is 1. The number of carbonyl (C=O) groups is 1. The molecule has 2 heterocycles. The Bertz CT molecular complexity index is 605. The summed E-state index contributed by atoms with van der Waals surface area (Å²) >= 11 is 0. The highest BCUT2D eigenvalue weighted by molar-refractivity contribution is 5.91. The number of aryl methyl sites for hydroxylation is 1. The van der Waals surface area contributed by atoms with E-state index in [-0.39, 0.29) is 23.1 Å². The van der Waals surface area contributed by atoms with Crippen LogP contribution in [0.4, 0.5) is 0 Å². The lowest BCUT2D eigenvalue weighted by Crippen LogP contribution is -2.51. The summed E-state index contributed by atoms with van der Waals surface area (Å²) in [6.45, 7) is 3.73. The lowest BCUT2D eigenvalue weighted by molar-refractivity contribution is 0.0809. The number of hydrogen-bond acceptors (Lipinski definition) is 4. The van der Waals surface area contributed by atoms with Gasteiger partial charge in [0.1, 0.15) is 5.76 Å². The molecule has 2 fully saturated rings. The predicted molar refractivity (Wildman–Crippen MR) is 88.6 cm³/mol. The zero-order valence-electron chi connectivity index (χ0n) is 13.8. The van der Waals surface area contributed by atoms with Gasteiger partial charge in [-0.25, -0.2) is 0 Å². The van der Waals surface area contributed by atoms with Crippen LogP contribution in [-0.2, 0) is 0 Å². The summed E-state index contributed by atoms with van der Waals surface area (Å²) in [5, 5.41) is 3.05. The van der Waals surface area contributed by atoms with Crippen LogP contribution in [0.3, 0.4) is 0 Å². The second-order valence-electron chi connectivity index (χ2n) is 6.87. The third-order valence-corrected chi connectivity index (χ3v) is 4.99. The second kappa shape index (κ2) is 7.30. The van der Waals surface area contributed by atoms with E-state index in [1.807, 2.05) is 0 Å². The van der Waals surface area contributed by atoms with Gasteiger partial charge < -0.3 is 9.73 Å². The molecule has 1 saturated heterocycles. The van der Waals surface area contributed by atoms with Gasteiger partial charge in [-0.3, -0.25) is 14.5 Å². The second-order valence-corrected chi connectivity index (χ2v) is 6.87. The maximum absolute atomic E-state index is 12.3. The number of piperidine rings is 1. The van der Waals surface area contributed by atoms with Crippen LogP contribution in [0.2, 0.25) is 0 Å². The van der Waals surface area contributed by atoms with Crippen molar-refractivity contribution >= 4 is 5.91 Å². The first kappa shape index (κ1) is 16.2. The molecule has 1 aromatic heterocycles. The molecular formula is C18H26N2O3. The standard InChI is InChI=1S/C18H26N2O3/c1-13-10-16(21)11-17(23-13)18(22)19-14-6-5-9-20(12-14)15-7-3-2-4-8-15/h10-11,14-15H,2-9,12H2,1H3,(H,19,22)/t14-/m1/s1. The minimum Gasteiger partial charge on any atom is -0.456 e. The summed E-state index contributed by atoms with van der Waals surface area (Å²) in [5.41, 5.74) is -0.189. The van der Waals surface area contributed by atoms with Crippen LogP contribution < -0.4 is 10.7 Å². The van der Waals surface area contributed by atoms with E-state index < -0.39 is 0 Å². The fourth-order valence-electron chi connectivity index (χ4n) is 3.87. The molecule has 1 aromatic rings. The number of rotatable bonds is 3. The van der Waals surface area contributed by atoms with Crippen LogP contribution in [0.1, 0.15) is 61.3 Å². The van der Waals surface area contributed by atoms with Gasteiger partial charge in [-0.1, -0.05) is 19.3 Å². The summed E-state index contributed by atoms with van der Waals surface area (Å²) in [5.74, 6) is 0.307. The predicted octanol–water partition coefficient (Wildman–Crippen LogP) is 2.48. The van der Waals surface area contributed by atoms with Crippen LogP contribution in [0.25, 0.3) is 0 Å². The van der Waals surface area contributed by atoms with Crippen LogP contribution >= 0.6 is 0 Å². The normalized spacial score (nSPS) is 23.6. The van der Waals surface area contributed by atoms with Crippen molar-refractivity contribution in [2.45, 2.75) is 64.0 Å². The van der Waals surface area contributed by atoms with Crippen LogP contribution in [-0.4, -0.2) is 36.0 Å². The molecular weight excluding hydrogens is 292 g/mol. The Morgan fingerprint density at radius 1 is 1.17 bits per heavy atom. The number of nitrogens with zero attached hydrogens (tertiary/aromatic N) is 1. The van der Waals surface area contributed by atoms with Crippen molar-refractivity contribution in [3.8, 4) is 0 Å². The van der Waals surface area contributed by atoms with Crippen LogP contribution in [0.15, 0.2) is 21.3 Å². The molecule has 1 atom stereocenters. The number of amides is 1. The zero-order chi connectivity index (χ0) is 16.2. The quantitative estimate of drug-likeness (QED) is 0.930. The molecule has 1 saturated carbocycles. The number of likely N-dealkylation sites (tertiary alicyclic amines) is 1. The summed E-state index contributed by atoms with van der Waals surface area (Å²) in [6.07, 6.45) is 8.68. The molecule has 1 amide bonds. The van der Waals surface area contributed by atoms with Crippen molar-refractivity contribution in [1.29, 1.82) is 0 Å². The first-order valence-corrected chi connectivity index (χ1v) is 8.78. The van der Waals surface area contributed by atoms with Crippen LogP contribution in [0.5, 0.6) is 0 Å². The van der Waals surface area contributed by atoms with Crippen molar-refractivity contribution < 1.29 is 9.21 Å². The van der Waals surface area contributed by atoms with E-state index in [1.165, 1.54) is 44.2 Å². The fourth-order valence-corrected chi connectivity index (χ4v) is 3.87. The van der Waals surface area contributed by atoms with E-state index in [2.05, 4.69) is 10.2 Å². The lowest BCUT2D eigenvalue weighted by atomic mass is 9.92. The molecule has 0 aromatic carbocycles. The van der Waals surface area contributed by atoms with E-state index in [9.17, 15) is 9.59 Å². The lowest BCUT2D eigenvalue weighted by Gasteiger charge is -2.40. The Balaban J connectivity index is 1.60. The molecule has 1 aliphatic carbocycles. The van der Waals surface area contributed by atoms with Gasteiger partial charge in [0.15, 0.2) is 11.2 Å². The van der Waals surface area contributed by atoms with Gasteiger partial charge in [0.25, 0.3) is 5.91 Å². The largest absolute Gasteiger partial charge is 0.456 e. The van der Waals surface area contributed by atoms with Crippen molar-refractivity contribution in [3.63, 3.8) is 0 Å². The summed E-state index contributed by atoms with van der Waals surface area (Å²) in [4.78, 5) is 26.4. The molecule has 0 radical (unpaired) electrons. The monoisotopic (exact) mass is 318 g/mol. The summed E-state index contributed by atoms with van der Waals surface area (Å²) < 4.78 is 5.38. The molecule has 1 aliphatic heterocycles. The van der Waals surface area contributed by atoms with E-state index in [0.29, 0.717) is 11.8 Å². The van der Waals surface area contributed by atoms with Gasteiger partial charge in [-0.15, -0.1) is 0 Å². The fraction of sp³-hybridized carbons (Fsp3) is 0.667. The molecule has 23 heavy (non-hydrogen) atoms. The van der Waals surface area contributed by atoms with E-state index in [4.69, 9.17) is 4.42 Å². The van der Waals surface area contributed by atoms with Gasteiger partial charge >= 0.3 is 0 Å². The molecule has 0 bridgehead atoms. The molecule has 0 spiro atoms. The highest BCUT2D eigenvalue weighted by Crippen LogP contribution is 2.25. The van der Waals surface area contributed by atoms with Gasteiger partial charge in [0, 0.05) is 30.8 Å². The first-order valence-electron chi connectivity index (χ1n) is 8.78. The van der Waals surface area contributed by atoms with E-state index >= 15 is 0 Å². The molecule has 5 heteroatoms. The van der Waals surface area contributed by atoms with Gasteiger partial charge in [-0.05, 0) is 39.2 Å². The molecule has 5 nitrogen and oxygen atoms in total. The minimum atomic E-state index is -0.277. The van der Waals surface area contributed by atoms with E-state index in [0.717, 1.165) is 25.9 Å². The molecule has 0 unspecified atom stereocenters. The average molecular weight is 318 g/mol. The maximum Gasteiger partial charge on any atom is 0.287 e. The van der Waals surface area contributed by atoms with Crippen molar-refractivity contribution in [2.24, 2.45) is 0 Å². The highest BCUT2D eigenvalue weighted by Gasteiger charge is 2.28. The van der Waals surface area contributed by atoms with Crippen molar-refractivity contribution in [2.75, 3.05) is 13.1 Å². The molecule has 126 valence electrons. The highest BCUT2D eigenvalue weighted by atomic mass is 16.3. The van der Waals surface area contributed by atoms with Gasteiger partial charge in [0.2, 0.25) is 0 Å². The maximum atomic E-state index is 12.3. The SMILES string of the molecule is Cc1cc(=O)cc(C(=O)N[C@@H]2CCCN(C3CCCCC3)C2)o1. The Labute approximate surface area is 137 Å². The summed E-state index contributed by atoms with van der Waals surface area (Å²) in [7, 11) is 0. The van der Waals surface area contributed by atoms with Crippen molar-refractivity contribution in [1.82, 2.24) is 10.2 Å². The average Bonchev–Trinajstić information content (AvgIpc) is 2.55. The van der Waals surface area contributed by atoms with Gasteiger partial charge in [0.05, 0.1) is 0 Å². The Kier molecular flexibility index (Phi) is 5.16. The van der Waals surface area contributed by atoms with Gasteiger partial charge in [-0.2, -0.15) is 0 Å². The minimum absolute atomic E-state index is 0.116. The zero-order valence-corrected chi connectivity index (χ0v) is 13.8. The Morgan fingerprint density at radius 2 is 1.96 bits per heavy atom. The third kappa shape index (κ3) is 4.22. The topological polar surface area (TPSA) is 62.6 Å². The number of nitrogens with one attached hydrogen (secondary N) is 1. The van der Waals surface area contributed by atoms with Crippen molar-refractivity contribution in [3.05, 3.63) is 33.9 Å². The third-order valence-electron chi connectivity index (χ3n) is 4.99. The molecule has 1 N–H and O–H groups in total. The molecule has 2 aliphatic rings. The smallest absolute Gasteiger partial charge is 0.287 e. The van der Waals surface area contributed by atoms with Crippen LogP contribution in [0, 0.1) is 6.92 Å². The van der Waals surface area contributed by atoms with E-state index in [1.54, 1.807) is 6.92 Å². The Hall–Kier alpha value is -1.62. The first-order chi connectivity index (χ1) is 11.1. The number of hydrogen-bond donors (Lipinski definition) is 1.